The summed E-state index contributed by atoms with van der Waals surface area (Å²) in [7, 11) is 0. The Morgan fingerprint density at radius 3 is 2.41 bits per heavy atom. The third-order valence-electron chi connectivity index (χ3n) is 4.95. The van der Waals surface area contributed by atoms with Crippen molar-refractivity contribution in [3.63, 3.8) is 0 Å². The van der Waals surface area contributed by atoms with E-state index in [1.54, 1.807) is 0 Å². The minimum atomic E-state index is 0. The van der Waals surface area contributed by atoms with Gasteiger partial charge in [0.25, 0.3) is 0 Å². The molecule has 3 fully saturated rings. The van der Waals surface area contributed by atoms with E-state index in [4.69, 9.17) is 4.99 Å². The first-order valence-corrected chi connectivity index (χ1v) is 9.14. The maximum atomic E-state index is 4.81. The average Bonchev–Trinajstić information content (AvgIpc) is 3.39. The Labute approximate surface area is 152 Å². The molecule has 0 bridgehead atoms. The Bertz CT molecular complexity index is 347. The largest absolute Gasteiger partial charge is 0.357 e. The molecule has 0 spiro atoms. The van der Waals surface area contributed by atoms with Crippen LogP contribution < -0.4 is 10.6 Å². The van der Waals surface area contributed by atoms with Crippen LogP contribution in [0.25, 0.3) is 0 Å². The average molecular weight is 420 g/mol. The van der Waals surface area contributed by atoms with Gasteiger partial charge in [-0.2, -0.15) is 0 Å². The lowest BCUT2D eigenvalue weighted by atomic mass is 10.2. The molecular weight excluding hydrogens is 387 g/mol. The van der Waals surface area contributed by atoms with E-state index in [-0.39, 0.29) is 24.0 Å². The number of rotatable bonds is 8. The SMILES string of the molecule is CCNC(=NCCN(CC1CC1)C1CC1)NC1CCCC1.I. The zero-order valence-electron chi connectivity index (χ0n) is 14.0. The van der Waals surface area contributed by atoms with Gasteiger partial charge >= 0.3 is 0 Å². The van der Waals surface area contributed by atoms with Crippen molar-refractivity contribution < 1.29 is 0 Å². The van der Waals surface area contributed by atoms with E-state index in [1.165, 1.54) is 57.9 Å². The van der Waals surface area contributed by atoms with Gasteiger partial charge in [-0.25, -0.2) is 0 Å². The highest BCUT2D eigenvalue weighted by atomic mass is 127. The molecule has 0 atom stereocenters. The zero-order chi connectivity index (χ0) is 14.5. The summed E-state index contributed by atoms with van der Waals surface area (Å²) < 4.78 is 0. The van der Waals surface area contributed by atoms with Gasteiger partial charge in [0, 0.05) is 31.7 Å². The topological polar surface area (TPSA) is 39.7 Å². The molecule has 4 nitrogen and oxygen atoms in total. The Hall–Kier alpha value is -0.0400. The smallest absolute Gasteiger partial charge is 0.191 e. The molecule has 0 aliphatic heterocycles. The first-order chi connectivity index (χ1) is 10.3. The number of nitrogens with one attached hydrogen (secondary N) is 2. The second kappa shape index (κ2) is 9.30. The molecule has 0 unspecified atom stereocenters. The van der Waals surface area contributed by atoms with Crippen LogP contribution in [0.3, 0.4) is 0 Å². The van der Waals surface area contributed by atoms with Crippen molar-refractivity contribution in [1.82, 2.24) is 15.5 Å². The lowest BCUT2D eigenvalue weighted by Crippen LogP contribution is -2.43. The second-order valence-electron chi connectivity index (χ2n) is 7.06. The van der Waals surface area contributed by atoms with Crippen LogP contribution in [0.2, 0.25) is 0 Å². The van der Waals surface area contributed by atoms with Gasteiger partial charge in [-0.05, 0) is 51.4 Å². The van der Waals surface area contributed by atoms with Crippen molar-refractivity contribution in [2.24, 2.45) is 10.9 Å². The second-order valence-corrected chi connectivity index (χ2v) is 7.06. The number of aliphatic imine (C=N–C) groups is 1. The molecule has 0 saturated heterocycles. The van der Waals surface area contributed by atoms with Crippen molar-refractivity contribution in [1.29, 1.82) is 0 Å². The van der Waals surface area contributed by atoms with Crippen molar-refractivity contribution in [2.75, 3.05) is 26.2 Å². The third kappa shape index (κ3) is 6.22. The highest BCUT2D eigenvalue weighted by molar-refractivity contribution is 14.0. The minimum Gasteiger partial charge on any atom is -0.357 e. The molecule has 3 saturated carbocycles. The summed E-state index contributed by atoms with van der Waals surface area (Å²) in [4.78, 5) is 7.50. The fraction of sp³-hybridized carbons (Fsp3) is 0.941. The molecule has 3 rings (SSSR count). The molecule has 2 N–H and O–H groups in total. The molecule has 3 aliphatic rings. The minimum absolute atomic E-state index is 0. The predicted molar refractivity (Wildman–Crippen MR) is 104 cm³/mol. The van der Waals surface area contributed by atoms with Gasteiger partial charge in [-0.3, -0.25) is 9.89 Å². The van der Waals surface area contributed by atoms with E-state index < -0.39 is 0 Å². The fourth-order valence-corrected chi connectivity index (χ4v) is 3.37. The van der Waals surface area contributed by atoms with Crippen molar-refractivity contribution in [3.8, 4) is 0 Å². The number of hydrogen-bond donors (Lipinski definition) is 2. The van der Waals surface area contributed by atoms with E-state index in [0.717, 1.165) is 37.6 Å². The highest BCUT2D eigenvalue weighted by Crippen LogP contribution is 2.34. The summed E-state index contributed by atoms with van der Waals surface area (Å²) in [6.45, 7) is 6.50. The first-order valence-electron chi connectivity index (χ1n) is 9.14. The molecule has 5 heteroatoms. The van der Waals surface area contributed by atoms with Crippen LogP contribution in [-0.4, -0.2) is 49.1 Å². The van der Waals surface area contributed by atoms with Crippen LogP contribution in [0.5, 0.6) is 0 Å². The van der Waals surface area contributed by atoms with Crippen LogP contribution in [0.15, 0.2) is 4.99 Å². The summed E-state index contributed by atoms with van der Waals surface area (Å²) >= 11 is 0. The Balaban J connectivity index is 0.00000176. The van der Waals surface area contributed by atoms with E-state index in [1.807, 2.05) is 0 Å². The number of nitrogens with zero attached hydrogens (tertiary/aromatic N) is 2. The number of halogens is 1. The van der Waals surface area contributed by atoms with Gasteiger partial charge in [0.1, 0.15) is 0 Å². The summed E-state index contributed by atoms with van der Waals surface area (Å²) in [5.74, 6) is 2.03. The molecule has 0 amide bonds. The summed E-state index contributed by atoms with van der Waals surface area (Å²) in [6.07, 6.45) is 11.1. The van der Waals surface area contributed by atoms with E-state index in [2.05, 4.69) is 22.5 Å². The molecule has 0 aromatic heterocycles. The molecule has 128 valence electrons. The van der Waals surface area contributed by atoms with Gasteiger partial charge in [0.05, 0.1) is 6.54 Å². The standard InChI is InChI=1S/C17H32N4.HI/c1-2-18-17(20-15-5-3-4-6-15)19-11-12-21(16-9-10-16)13-14-7-8-14;/h14-16H,2-13H2,1H3,(H2,18,19,20);1H. The van der Waals surface area contributed by atoms with Crippen LogP contribution in [-0.2, 0) is 0 Å². The zero-order valence-corrected chi connectivity index (χ0v) is 16.4. The summed E-state index contributed by atoms with van der Waals surface area (Å²) in [5.41, 5.74) is 0. The van der Waals surface area contributed by atoms with E-state index >= 15 is 0 Å². The van der Waals surface area contributed by atoms with E-state index in [0.29, 0.717) is 6.04 Å². The lowest BCUT2D eigenvalue weighted by molar-refractivity contribution is 0.260. The highest BCUT2D eigenvalue weighted by Gasteiger charge is 2.33. The van der Waals surface area contributed by atoms with Crippen LogP contribution in [0.4, 0.5) is 0 Å². The van der Waals surface area contributed by atoms with Crippen LogP contribution >= 0.6 is 24.0 Å². The van der Waals surface area contributed by atoms with Gasteiger partial charge in [0.2, 0.25) is 0 Å². The molecule has 0 aromatic carbocycles. The first kappa shape index (κ1) is 18.3. The van der Waals surface area contributed by atoms with E-state index in [9.17, 15) is 0 Å². The normalized spacial score (nSPS) is 22.7. The fourth-order valence-electron chi connectivity index (χ4n) is 3.37. The number of hydrogen-bond acceptors (Lipinski definition) is 2. The van der Waals surface area contributed by atoms with Crippen LogP contribution in [0, 0.1) is 5.92 Å². The van der Waals surface area contributed by atoms with Crippen molar-refractivity contribution in [2.45, 2.75) is 70.4 Å². The Morgan fingerprint density at radius 2 is 1.82 bits per heavy atom. The molecule has 0 radical (unpaired) electrons. The molecule has 22 heavy (non-hydrogen) atoms. The summed E-state index contributed by atoms with van der Waals surface area (Å²) in [6, 6.07) is 1.53. The van der Waals surface area contributed by atoms with Gasteiger partial charge in [0.15, 0.2) is 5.96 Å². The number of guanidine groups is 1. The molecule has 0 heterocycles. The molecule has 3 aliphatic carbocycles. The molecule has 0 aromatic rings. The Kier molecular flexibility index (Phi) is 7.74. The predicted octanol–water partition coefficient (Wildman–Crippen LogP) is 2.98. The lowest BCUT2D eigenvalue weighted by Gasteiger charge is -2.21. The Morgan fingerprint density at radius 1 is 1.09 bits per heavy atom. The molecular formula is C17H33IN4. The maximum Gasteiger partial charge on any atom is 0.191 e. The van der Waals surface area contributed by atoms with Gasteiger partial charge < -0.3 is 10.6 Å². The summed E-state index contributed by atoms with van der Waals surface area (Å²) in [5, 5.41) is 7.01. The monoisotopic (exact) mass is 420 g/mol. The van der Waals surface area contributed by atoms with Crippen LogP contribution in [0.1, 0.15) is 58.3 Å². The maximum absolute atomic E-state index is 4.81. The van der Waals surface area contributed by atoms with Gasteiger partial charge in [-0.15, -0.1) is 24.0 Å². The van der Waals surface area contributed by atoms with Crippen molar-refractivity contribution in [3.05, 3.63) is 0 Å². The quantitative estimate of drug-likeness (QED) is 0.360. The van der Waals surface area contributed by atoms with Crippen molar-refractivity contribution >= 4 is 29.9 Å². The van der Waals surface area contributed by atoms with Gasteiger partial charge in [-0.1, -0.05) is 12.8 Å². The third-order valence-corrected chi connectivity index (χ3v) is 4.95.